The second-order valence-electron chi connectivity index (χ2n) is 4.46. The van der Waals surface area contributed by atoms with E-state index in [-0.39, 0.29) is 23.0 Å². The van der Waals surface area contributed by atoms with E-state index in [9.17, 15) is 13.2 Å². The Bertz CT molecular complexity index is 758. The molecule has 0 radical (unpaired) electrons. The number of halogens is 1. The third kappa shape index (κ3) is 4.27. The lowest BCUT2D eigenvalue weighted by Crippen LogP contribution is -2.23. The van der Waals surface area contributed by atoms with E-state index in [1.807, 2.05) is 0 Å². The van der Waals surface area contributed by atoms with Crippen LogP contribution in [0.4, 0.5) is 0 Å². The third-order valence-electron chi connectivity index (χ3n) is 2.76. The largest absolute Gasteiger partial charge is 0.347 e. The zero-order chi connectivity index (χ0) is 15.5. The molecule has 0 aliphatic rings. The number of hydrogen-bond acceptors (Lipinski definition) is 4. The number of pyridine rings is 1. The lowest BCUT2D eigenvalue weighted by molar-refractivity contribution is 0.0946. The Kier molecular flexibility index (Phi) is 4.59. The second-order valence-corrected chi connectivity index (χ2v) is 6.91. The highest BCUT2D eigenvalue weighted by Gasteiger charge is 2.09. The van der Waals surface area contributed by atoms with Gasteiger partial charge in [0.2, 0.25) is 0 Å². The van der Waals surface area contributed by atoms with Crippen molar-refractivity contribution in [2.45, 2.75) is 11.4 Å². The number of carbonyl (C=O) groups is 1. The molecule has 0 aliphatic carbocycles. The van der Waals surface area contributed by atoms with Crippen molar-refractivity contribution in [2.24, 2.45) is 0 Å². The van der Waals surface area contributed by atoms with Crippen LogP contribution in [0.25, 0.3) is 0 Å². The molecular formula is C14H13ClN2O3S. The molecule has 7 heteroatoms. The molecule has 0 saturated carbocycles. The number of amides is 1. The van der Waals surface area contributed by atoms with Crippen LogP contribution in [-0.4, -0.2) is 25.6 Å². The first-order valence-electron chi connectivity index (χ1n) is 6.05. The lowest BCUT2D eigenvalue weighted by Gasteiger charge is -2.06. The average molecular weight is 325 g/mol. The van der Waals surface area contributed by atoms with Crippen LogP contribution in [0.3, 0.4) is 0 Å². The van der Waals surface area contributed by atoms with Gasteiger partial charge in [0, 0.05) is 24.0 Å². The number of rotatable bonds is 4. The van der Waals surface area contributed by atoms with E-state index < -0.39 is 9.84 Å². The number of nitrogens with zero attached hydrogens (tertiary/aromatic N) is 1. The van der Waals surface area contributed by atoms with Crippen LogP contribution in [-0.2, 0) is 16.4 Å². The third-order valence-corrected chi connectivity index (χ3v) is 4.12. The van der Waals surface area contributed by atoms with Crippen molar-refractivity contribution in [3.63, 3.8) is 0 Å². The van der Waals surface area contributed by atoms with E-state index in [1.54, 1.807) is 18.2 Å². The number of sulfone groups is 1. The fourth-order valence-electron chi connectivity index (χ4n) is 1.66. The quantitative estimate of drug-likeness (QED) is 0.934. The predicted octanol–water partition coefficient (Wildman–Crippen LogP) is 2.07. The summed E-state index contributed by atoms with van der Waals surface area (Å²) in [6.07, 6.45) is 2.60. The number of nitrogens with one attached hydrogen (secondary N) is 1. The number of benzene rings is 1. The van der Waals surface area contributed by atoms with Gasteiger partial charge in [0.1, 0.15) is 5.69 Å². The molecule has 0 fully saturated rings. The Morgan fingerprint density at radius 3 is 2.48 bits per heavy atom. The average Bonchev–Trinajstić information content (AvgIpc) is 2.44. The van der Waals surface area contributed by atoms with Crippen LogP contribution in [0.2, 0.25) is 5.02 Å². The molecule has 0 atom stereocenters. The van der Waals surface area contributed by atoms with Crippen LogP contribution in [0.15, 0.2) is 47.5 Å². The first-order valence-corrected chi connectivity index (χ1v) is 8.32. The smallest absolute Gasteiger partial charge is 0.270 e. The molecule has 0 aliphatic heterocycles. The molecule has 1 heterocycles. The highest BCUT2D eigenvalue weighted by atomic mass is 35.5. The van der Waals surface area contributed by atoms with Crippen LogP contribution in [0.1, 0.15) is 16.1 Å². The maximum absolute atomic E-state index is 11.9. The lowest BCUT2D eigenvalue weighted by atomic mass is 10.2. The Hall–Kier alpha value is -1.92. The van der Waals surface area contributed by atoms with Gasteiger partial charge >= 0.3 is 0 Å². The van der Waals surface area contributed by atoms with Crippen molar-refractivity contribution >= 4 is 27.3 Å². The van der Waals surface area contributed by atoms with Gasteiger partial charge in [-0.05, 0) is 29.8 Å². The molecule has 0 saturated heterocycles. The van der Waals surface area contributed by atoms with E-state index in [2.05, 4.69) is 10.3 Å². The van der Waals surface area contributed by atoms with Gasteiger partial charge in [-0.3, -0.25) is 9.78 Å². The van der Waals surface area contributed by atoms with Crippen LogP contribution in [0, 0.1) is 0 Å². The van der Waals surface area contributed by atoms with Crippen molar-refractivity contribution in [1.29, 1.82) is 0 Å². The molecule has 0 bridgehead atoms. The summed E-state index contributed by atoms with van der Waals surface area (Å²) in [6, 6.07) is 9.39. The van der Waals surface area contributed by atoms with Gasteiger partial charge < -0.3 is 5.32 Å². The normalized spacial score (nSPS) is 11.1. The number of carbonyl (C=O) groups excluding carboxylic acids is 1. The van der Waals surface area contributed by atoms with Gasteiger partial charge in [-0.2, -0.15) is 0 Å². The minimum absolute atomic E-state index is 0.232. The minimum Gasteiger partial charge on any atom is -0.347 e. The molecule has 0 unspecified atom stereocenters. The Morgan fingerprint density at radius 1 is 1.24 bits per heavy atom. The van der Waals surface area contributed by atoms with Crippen LogP contribution < -0.4 is 5.32 Å². The molecule has 1 amide bonds. The van der Waals surface area contributed by atoms with E-state index in [0.29, 0.717) is 5.02 Å². The predicted molar refractivity (Wildman–Crippen MR) is 80.0 cm³/mol. The summed E-state index contributed by atoms with van der Waals surface area (Å²) in [7, 11) is -3.21. The summed E-state index contributed by atoms with van der Waals surface area (Å²) < 4.78 is 22.7. The van der Waals surface area contributed by atoms with Gasteiger partial charge in [-0.25, -0.2) is 8.42 Å². The standard InChI is InChI=1S/C14H13ClN2O3S/c1-21(19,20)12-4-2-10(3-5-12)9-17-14(18)13-8-11(15)6-7-16-13/h2-8H,9H2,1H3,(H,17,18). The second kappa shape index (κ2) is 6.24. The van der Waals surface area contributed by atoms with Crippen molar-refractivity contribution in [1.82, 2.24) is 10.3 Å². The molecule has 5 nitrogen and oxygen atoms in total. The fourth-order valence-corrected chi connectivity index (χ4v) is 2.45. The van der Waals surface area contributed by atoms with E-state index in [4.69, 9.17) is 11.6 Å². The molecule has 21 heavy (non-hydrogen) atoms. The van der Waals surface area contributed by atoms with Crippen molar-refractivity contribution in [3.05, 3.63) is 58.9 Å². The van der Waals surface area contributed by atoms with Gasteiger partial charge in [0.15, 0.2) is 9.84 Å². The summed E-state index contributed by atoms with van der Waals surface area (Å²) in [5.74, 6) is -0.343. The molecule has 1 aromatic carbocycles. The number of aromatic nitrogens is 1. The summed E-state index contributed by atoms with van der Waals surface area (Å²) >= 11 is 5.79. The van der Waals surface area contributed by atoms with Gasteiger partial charge in [-0.1, -0.05) is 23.7 Å². The Labute approximate surface area is 127 Å². The maximum atomic E-state index is 11.9. The topological polar surface area (TPSA) is 76.1 Å². The highest BCUT2D eigenvalue weighted by molar-refractivity contribution is 7.90. The molecule has 110 valence electrons. The van der Waals surface area contributed by atoms with Crippen molar-refractivity contribution < 1.29 is 13.2 Å². The fraction of sp³-hybridized carbons (Fsp3) is 0.143. The first kappa shape index (κ1) is 15.5. The summed E-state index contributed by atoms with van der Waals surface area (Å²) in [5.41, 5.74) is 1.02. The first-order chi connectivity index (χ1) is 9.86. The molecule has 2 aromatic rings. The zero-order valence-electron chi connectivity index (χ0n) is 11.2. The van der Waals surface area contributed by atoms with Gasteiger partial charge in [0.25, 0.3) is 5.91 Å². The Balaban J connectivity index is 2.02. The zero-order valence-corrected chi connectivity index (χ0v) is 12.8. The minimum atomic E-state index is -3.21. The van der Waals surface area contributed by atoms with Crippen molar-refractivity contribution in [2.75, 3.05) is 6.26 Å². The van der Waals surface area contributed by atoms with E-state index >= 15 is 0 Å². The summed E-state index contributed by atoms with van der Waals surface area (Å²) in [6.45, 7) is 0.275. The van der Waals surface area contributed by atoms with E-state index in [1.165, 1.54) is 24.4 Å². The van der Waals surface area contributed by atoms with Crippen LogP contribution >= 0.6 is 11.6 Å². The molecule has 0 spiro atoms. The van der Waals surface area contributed by atoms with Crippen LogP contribution in [0.5, 0.6) is 0 Å². The molecule has 1 N–H and O–H groups in total. The molecule has 1 aromatic heterocycles. The van der Waals surface area contributed by atoms with Gasteiger partial charge in [-0.15, -0.1) is 0 Å². The summed E-state index contributed by atoms with van der Waals surface area (Å²) in [4.78, 5) is 16.0. The molecular weight excluding hydrogens is 312 g/mol. The highest BCUT2D eigenvalue weighted by Crippen LogP contribution is 2.11. The number of hydrogen-bond donors (Lipinski definition) is 1. The monoisotopic (exact) mass is 324 g/mol. The maximum Gasteiger partial charge on any atom is 0.270 e. The van der Waals surface area contributed by atoms with Gasteiger partial charge in [0.05, 0.1) is 4.90 Å². The Morgan fingerprint density at radius 2 is 1.90 bits per heavy atom. The SMILES string of the molecule is CS(=O)(=O)c1ccc(CNC(=O)c2cc(Cl)ccn2)cc1. The van der Waals surface area contributed by atoms with E-state index in [0.717, 1.165) is 11.8 Å². The van der Waals surface area contributed by atoms with Crippen molar-refractivity contribution in [3.8, 4) is 0 Å². The molecule has 2 rings (SSSR count). The summed E-state index contributed by atoms with van der Waals surface area (Å²) in [5, 5.41) is 3.13.